The molecule has 2 heterocycles. The van der Waals surface area contributed by atoms with Gasteiger partial charge in [0.05, 0.1) is 11.4 Å². The monoisotopic (exact) mass is 522 g/mol. The van der Waals surface area contributed by atoms with Gasteiger partial charge in [0, 0.05) is 49.5 Å². The Morgan fingerprint density at radius 2 is 1.62 bits per heavy atom. The number of carbonyl (C=O) groups is 1. The normalized spacial score (nSPS) is 14.1. The Kier molecular flexibility index (Phi) is 8.13. The highest BCUT2D eigenvalue weighted by molar-refractivity contribution is 5.94. The van der Waals surface area contributed by atoms with E-state index in [-0.39, 0.29) is 5.91 Å². The first-order valence-corrected chi connectivity index (χ1v) is 13.8. The summed E-state index contributed by atoms with van der Waals surface area (Å²) in [5.41, 5.74) is 7.59. The minimum absolute atomic E-state index is 0.0852. The first kappa shape index (κ1) is 26.7. The average Bonchev–Trinajstić information content (AvgIpc) is 3.25. The molecule has 39 heavy (non-hydrogen) atoms. The molecule has 5 rings (SSSR count). The lowest BCUT2D eigenvalue weighted by Crippen LogP contribution is -2.48. The van der Waals surface area contributed by atoms with Crippen molar-refractivity contribution in [1.29, 1.82) is 0 Å². The molecule has 0 spiro atoms. The van der Waals surface area contributed by atoms with Gasteiger partial charge in [-0.05, 0) is 67.3 Å². The second kappa shape index (κ2) is 11.9. The Labute approximate surface area is 231 Å². The van der Waals surface area contributed by atoms with Gasteiger partial charge in [0.2, 0.25) is 0 Å². The maximum atomic E-state index is 13.3. The Morgan fingerprint density at radius 3 is 2.31 bits per heavy atom. The Bertz CT molecular complexity index is 1400. The summed E-state index contributed by atoms with van der Waals surface area (Å²) in [5.74, 6) is 1.42. The SMILES string of the molecule is Cc1nn(-c2ccccc2)c(C)c1CN1CCN(C(=O)c2cccc(COc3ccc(C(C)C)cc3)c2)CC1. The second-order valence-electron chi connectivity index (χ2n) is 10.7. The predicted molar refractivity (Wildman–Crippen MR) is 156 cm³/mol. The van der Waals surface area contributed by atoms with Gasteiger partial charge in [-0.3, -0.25) is 9.69 Å². The van der Waals surface area contributed by atoms with Gasteiger partial charge in [-0.1, -0.05) is 56.3 Å². The van der Waals surface area contributed by atoms with Crippen molar-refractivity contribution in [2.75, 3.05) is 26.2 Å². The molecule has 1 amide bonds. The minimum atomic E-state index is 0.0852. The first-order chi connectivity index (χ1) is 18.9. The van der Waals surface area contributed by atoms with Crippen LogP contribution in [0.4, 0.5) is 0 Å². The van der Waals surface area contributed by atoms with Crippen LogP contribution in [0.3, 0.4) is 0 Å². The van der Waals surface area contributed by atoms with Crippen LogP contribution >= 0.6 is 0 Å². The highest BCUT2D eigenvalue weighted by atomic mass is 16.5. The van der Waals surface area contributed by atoms with Crippen molar-refractivity contribution in [3.05, 3.63) is 113 Å². The molecule has 0 bridgehead atoms. The summed E-state index contributed by atoms with van der Waals surface area (Å²) in [5, 5.41) is 4.80. The van der Waals surface area contributed by atoms with Crippen molar-refractivity contribution in [2.45, 2.75) is 46.8 Å². The molecule has 6 heteroatoms. The number of carbonyl (C=O) groups excluding carboxylic acids is 1. The maximum Gasteiger partial charge on any atom is 0.253 e. The van der Waals surface area contributed by atoms with E-state index in [9.17, 15) is 4.79 Å². The van der Waals surface area contributed by atoms with Gasteiger partial charge in [-0.2, -0.15) is 5.10 Å². The molecule has 0 unspecified atom stereocenters. The van der Waals surface area contributed by atoms with Crippen LogP contribution in [-0.4, -0.2) is 51.7 Å². The zero-order valence-electron chi connectivity index (χ0n) is 23.4. The topological polar surface area (TPSA) is 50.6 Å². The molecule has 1 aliphatic rings. The average molecular weight is 523 g/mol. The highest BCUT2D eigenvalue weighted by Crippen LogP contribution is 2.22. The highest BCUT2D eigenvalue weighted by Gasteiger charge is 2.24. The van der Waals surface area contributed by atoms with Crippen molar-refractivity contribution in [1.82, 2.24) is 19.6 Å². The van der Waals surface area contributed by atoms with Gasteiger partial charge in [0.15, 0.2) is 0 Å². The van der Waals surface area contributed by atoms with E-state index in [0.29, 0.717) is 25.6 Å². The van der Waals surface area contributed by atoms with Gasteiger partial charge in [0.1, 0.15) is 12.4 Å². The largest absolute Gasteiger partial charge is 0.489 e. The number of nitrogens with zero attached hydrogens (tertiary/aromatic N) is 4. The molecular weight excluding hydrogens is 484 g/mol. The number of hydrogen-bond acceptors (Lipinski definition) is 4. The lowest BCUT2D eigenvalue weighted by atomic mass is 10.0. The second-order valence-corrected chi connectivity index (χ2v) is 10.7. The summed E-state index contributed by atoms with van der Waals surface area (Å²) < 4.78 is 8.02. The number of para-hydroxylation sites is 1. The maximum absolute atomic E-state index is 13.3. The molecule has 1 aliphatic heterocycles. The van der Waals surface area contributed by atoms with E-state index in [2.05, 4.69) is 56.9 Å². The van der Waals surface area contributed by atoms with E-state index in [1.54, 1.807) is 0 Å². The molecule has 0 atom stereocenters. The molecule has 3 aromatic carbocycles. The molecule has 0 aliphatic carbocycles. The zero-order valence-corrected chi connectivity index (χ0v) is 23.4. The van der Waals surface area contributed by atoms with Gasteiger partial charge >= 0.3 is 0 Å². The van der Waals surface area contributed by atoms with E-state index >= 15 is 0 Å². The van der Waals surface area contributed by atoms with Crippen LogP contribution in [0.25, 0.3) is 5.69 Å². The van der Waals surface area contributed by atoms with E-state index in [0.717, 1.165) is 47.9 Å². The van der Waals surface area contributed by atoms with Gasteiger partial charge in [-0.15, -0.1) is 0 Å². The number of aryl methyl sites for hydroxylation is 1. The smallest absolute Gasteiger partial charge is 0.253 e. The molecular formula is C33H38N4O2. The quantitative estimate of drug-likeness (QED) is 0.279. The van der Waals surface area contributed by atoms with Crippen molar-refractivity contribution in [3.63, 3.8) is 0 Å². The van der Waals surface area contributed by atoms with Crippen molar-refractivity contribution in [2.24, 2.45) is 0 Å². The first-order valence-electron chi connectivity index (χ1n) is 13.8. The fourth-order valence-electron chi connectivity index (χ4n) is 5.15. The number of aromatic nitrogens is 2. The van der Waals surface area contributed by atoms with Crippen LogP contribution in [0, 0.1) is 13.8 Å². The molecule has 0 saturated carbocycles. The number of amides is 1. The van der Waals surface area contributed by atoms with Crippen LogP contribution in [0.5, 0.6) is 5.75 Å². The fourth-order valence-corrected chi connectivity index (χ4v) is 5.15. The van der Waals surface area contributed by atoms with Gasteiger partial charge in [0.25, 0.3) is 5.91 Å². The van der Waals surface area contributed by atoms with Crippen LogP contribution < -0.4 is 4.74 Å². The molecule has 0 radical (unpaired) electrons. The van der Waals surface area contributed by atoms with Gasteiger partial charge < -0.3 is 9.64 Å². The summed E-state index contributed by atoms with van der Waals surface area (Å²) in [6.07, 6.45) is 0. The Balaban J connectivity index is 1.16. The van der Waals surface area contributed by atoms with Crippen molar-refractivity contribution < 1.29 is 9.53 Å². The third-order valence-electron chi connectivity index (χ3n) is 7.61. The van der Waals surface area contributed by atoms with Gasteiger partial charge in [-0.25, -0.2) is 4.68 Å². The van der Waals surface area contributed by atoms with E-state index in [1.807, 2.05) is 64.2 Å². The van der Waals surface area contributed by atoms with E-state index in [1.165, 1.54) is 16.8 Å². The molecule has 4 aromatic rings. The zero-order chi connectivity index (χ0) is 27.4. The Morgan fingerprint density at radius 1 is 0.897 bits per heavy atom. The fraction of sp³-hybridized carbons (Fsp3) is 0.333. The summed E-state index contributed by atoms with van der Waals surface area (Å²) in [4.78, 5) is 17.7. The molecule has 1 saturated heterocycles. The lowest BCUT2D eigenvalue weighted by molar-refractivity contribution is 0.0627. The summed E-state index contributed by atoms with van der Waals surface area (Å²) in [7, 11) is 0. The third kappa shape index (κ3) is 6.23. The number of benzene rings is 3. The standard InChI is InChI=1S/C33H38N4O2/c1-24(2)28-13-15-31(16-14-28)39-23-27-9-8-10-29(21-27)33(38)36-19-17-35(18-20-36)22-32-25(3)34-37(26(32)4)30-11-6-5-7-12-30/h5-16,21,24H,17-20,22-23H2,1-4H3. The predicted octanol–water partition coefficient (Wildman–Crippen LogP) is 6.15. The number of piperazine rings is 1. The number of ether oxygens (including phenoxy) is 1. The van der Waals surface area contributed by atoms with Crippen LogP contribution in [0.1, 0.15) is 58.2 Å². The van der Waals surface area contributed by atoms with Crippen LogP contribution in [0.15, 0.2) is 78.9 Å². The molecule has 0 N–H and O–H groups in total. The van der Waals surface area contributed by atoms with Crippen LogP contribution in [-0.2, 0) is 13.2 Å². The number of rotatable bonds is 8. The minimum Gasteiger partial charge on any atom is -0.489 e. The summed E-state index contributed by atoms with van der Waals surface area (Å²) in [6, 6.07) is 26.3. The number of hydrogen-bond donors (Lipinski definition) is 0. The lowest BCUT2D eigenvalue weighted by Gasteiger charge is -2.35. The molecule has 1 aromatic heterocycles. The molecule has 1 fully saturated rings. The summed E-state index contributed by atoms with van der Waals surface area (Å²) >= 11 is 0. The van der Waals surface area contributed by atoms with E-state index < -0.39 is 0 Å². The molecule has 6 nitrogen and oxygen atoms in total. The van der Waals surface area contributed by atoms with Crippen molar-refractivity contribution in [3.8, 4) is 11.4 Å². The molecule has 202 valence electrons. The van der Waals surface area contributed by atoms with E-state index in [4.69, 9.17) is 9.84 Å². The Hall–Kier alpha value is -3.90. The van der Waals surface area contributed by atoms with Crippen molar-refractivity contribution >= 4 is 5.91 Å². The van der Waals surface area contributed by atoms with Crippen LogP contribution in [0.2, 0.25) is 0 Å². The third-order valence-corrected chi connectivity index (χ3v) is 7.61. The summed E-state index contributed by atoms with van der Waals surface area (Å²) in [6.45, 7) is 13.0.